The monoisotopic (exact) mass is 261 g/mol. The molecule has 0 aliphatic rings. The predicted molar refractivity (Wildman–Crippen MR) is 71.8 cm³/mol. The van der Waals surface area contributed by atoms with E-state index in [1.807, 2.05) is 27.8 Å². The van der Waals surface area contributed by atoms with Crippen LogP contribution < -0.4 is 5.32 Å². The molecule has 0 radical (unpaired) electrons. The summed E-state index contributed by atoms with van der Waals surface area (Å²) in [6.07, 6.45) is 4.22. The Morgan fingerprint density at radius 1 is 1.53 bits per heavy atom. The van der Waals surface area contributed by atoms with Crippen LogP contribution in [0, 0.1) is 13.8 Å². The highest BCUT2D eigenvalue weighted by atomic mass is 16.1. The lowest BCUT2D eigenvalue weighted by Crippen LogP contribution is -2.29. The molecule has 1 atom stereocenters. The number of carbonyl (C=O) groups is 1. The molecule has 19 heavy (non-hydrogen) atoms. The highest BCUT2D eigenvalue weighted by Crippen LogP contribution is 2.16. The van der Waals surface area contributed by atoms with Gasteiger partial charge in [-0.2, -0.15) is 5.10 Å². The van der Waals surface area contributed by atoms with Gasteiger partial charge in [0.25, 0.3) is 5.91 Å². The van der Waals surface area contributed by atoms with Crippen molar-refractivity contribution in [1.29, 1.82) is 0 Å². The minimum atomic E-state index is -0.110. The number of aromatic nitrogens is 4. The first-order chi connectivity index (χ1) is 9.04. The number of nitrogens with zero attached hydrogens (tertiary/aromatic N) is 3. The third-order valence-corrected chi connectivity index (χ3v) is 3.30. The van der Waals surface area contributed by atoms with Crippen LogP contribution in [0.15, 0.2) is 12.4 Å². The van der Waals surface area contributed by atoms with Crippen LogP contribution in [-0.2, 0) is 7.05 Å². The molecule has 0 saturated carbocycles. The summed E-state index contributed by atoms with van der Waals surface area (Å²) in [6, 6.07) is -0.110. The average Bonchev–Trinajstić information content (AvgIpc) is 2.96. The first kappa shape index (κ1) is 13.3. The zero-order valence-electron chi connectivity index (χ0n) is 11.7. The van der Waals surface area contributed by atoms with Gasteiger partial charge < -0.3 is 10.3 Å². The minimum absolute atomic E-state index is 0.105. The van der Waals surface area contributed by atoms with Gasteiger partial charge in [0, 0.05) is 25.1 Å². The summed E-state index contributed by atoms with van der Waals surface area (Å²) < 4.78 is 1.72. The molecule has 2 aromatic heterocycles. The Labute approximate surface area is 112 Å². The second-order valence-corrected chi connectivity index (χ2v) is 4.58. The molecule has 6 heteroatoms. The Kier molecular flexibility index (Phi) is 3.69. The summed E-state index contributed by atoms with van der Waals surface area (Å²) in [7, 11) is 1.84. The number of H-pyrrole nitrogens is 1. The minimum Gasteiger partial charge on any atom is -0.347 e. The normalized spacial score (nSPS) is 12.4. The van der Waals surface area contributed by atoms with Gasteiger partial charge in [0.2, 0.25) is 0 Å². The zero-order chi connectivity index (χ0) is 14.0. The lowest BCUT2D eigenvalue weighted by molar-refractivity contribution is 0.0932. The fraction of sp³-hybridized carbons (Fsp3) is 0.462. The van der Waals surface area contributed by atoms with Crippen LogP contribution in [-0.4, -0.2) is 25.7 Å². The van der Waals surface area contributed by atoms with Gasteiger partial charge in [-0.15, -0.1) is 0 Å². The number of hydrogen-bond donors (Lipinski definition) is 2. The summed E-state index contributed by atoms with van der Waals surface area (Å²) >= 11 is 0. The molecule has 0 aromatic carbocycles. The molecule has 2 heterocycles. The van der Waals surface area contributed by atoms with Crippen LogP contribution in [0.2, 0.25) is 0 Å². The van der Waals surface area contributed by atoms with E-state index in [-0.39, 0.29) is 11.9 Å². The van der Waals surface area contributed by atoms with Crippen molar-refractivity contribution in [2.75, 3.05) is 0 Å². The van der Waals surface area contributed by atoms with E-state index in [1.165, 1.54) is 0 Å². The smallest absolute Gasteiger partial charge is 0.255 e. The van der Waals surface area contributed by atoms with E-state index in [4.69, 9.17) is 0 Å². The SMILES string of the molecule is CCC(NC(=O)c1c(C)nn(C)c1C)c1ncc[nH]1. The Morgan fingerprint density at radius 3 is 2.74 bits per heavy atom. The number of hydrogen-bond acceptors (Lipinski definition) is 3. The summed E-state index contributed by atoms with van der Waals surface area (Å²) in [5.74, 6) is 0.668. The van der Waals surface area contributed by atoms with Crippen LogP contribution >= 0.6 is 0 Å². The Balaban J connectivity index is 2.21. The maximum atomic E-state index is 12.4. The van der Waals surface area contributed by atoms with E-state index < -0.39 is 0 Å². The molecule has 0 aliphatic heterocycles. The number of carbonyl (C=O) groups excluding carboxylic acids is 1. The van der Waals surface area contributed by atoms with Crippen molar-refractivity contribution < 1.29 is 4.79 Å². The average molecular weight is 261 g/mol. The summed E-state index contributed by atoms with van der Waals surface area (Å²) in [4.78, 5) is 19.6. The number of aromatic amines is 1. The fourth-order valence-electron chi connectivity index (χ4n) is 2.16. The number of imidazole rings is 1. The van der Waals surface area contributed by atoms with E-state index in [9.17, 15) is 4.79 Å². The maximum Gasteiger partial charge on any atom is 0.255 e. The predicted octanol–water partition coefficient (Wildman–Crippen LogP) is 1.64. The van der Waals surface area contributed by atoms with Crippen molar-refractivity contribution >= 4 is 5.91 Å². The second-order valence-electron chi connectivity index (χ2n) is 4.58. The Hall–Kier alpha value is -2.11. The molecule has 102 valence electrons. The van der Waals surface area contributed by atoms with Gasteiger partial charge in [0.1, 0.15) is 5.82 Å². The first-order valence-electron chi connectivity index (χ1n) is 6.35. The maximum absolute atomic E-state index is 12.4. The Bertz CT molecular complexity index is 570. The zero-order valence-corrected chi connectivity index (χ0v) is 11.7. The highest BCUT2D eigenvalue weighted by molar-refractivity contribution is 5.96. The summed E-state index contributed by atoms with van der Waals surface area (Å²) in [6.45, 7) is 5.74. The van der Waals surface area contributed by atoms with Gasteiger partial charge in [-0.3, -0.25) is 9.48 Å². The third-order valence-electron chi connectivity index (χ3n) is 3.30. The van der Waals surface area contributed by atoms with Gasteiger partial charge in [-0.1, -0.05) is 6.92 Å². The molecule has 0 fully saturated rings. The lowest BCUT2D eigenvalue weighted by Gasteiger charge is -2.14. The van der Waals surface area contributed by atoms with E-state index in [0.717, 1.165) is 23.6 Å². The van der Waals surface area contributed by atoms with Crippen LogP contribution in [0.4, 0.5) is 0 Å². The van der Waals surface area contributed by atoms with Gasteiger partial charge in [0.05, 0.1) is 17.3 Å². The number of nitrogens with one attached hydrogen (secondary N) is 2. The third kappa shape index (κ3) is 2.52. The molecule has 2 N–H and O–H groups in total. The van der Waals surface area contributed by atoms with Crippen molar-refractivity contribution in [2.24, 2.45) is 7.05 Å². The summed E-state index contributed by atoms with van der Waals surface area (Å²) in [5, 5.41) is 7.25. The van der Waals surface area contributed by atoms with Gasteiger partial charge in [-0.05, 0) is 20.3 Å². The van der Waals surface area contributed by atoms with Crippen molar-refractivity contribution in [1.82, 2.24) is 25.1 Å². The molecule has 0 saturated heterocycles. The Morgan fingerprint density at radius 2 is 2.26 bits per heavy atom. The fourth-order valence-corrected chi connectivity index (χ4v) is 2.16. The number of aryl methyl sites for hydroxylation is 2. The summed E-state index contributed by atoms with van der Waals surface area (Å²) in [5.41, 5.74) is 2.25. The molecule has 0 bridgehead atoms. The van der Waals surface area contributed by atoms with Crippen molar-refractivity contribution in [3.05, 3.63) is 35.2 Å². The number of amides is 1. The molecular formula is C13H19N5O. The molecular weight excluding hydrogens is 242 g/mol. The van der Waals surface area contributed by atoms with Gasteiger partial charge >= 0.3 is 0 Å². The highest BCUT2D eigenvalue weighted by Gasteiger charge is 2.21. The molecule has 1 amide bonds. The van der Waals surface area contributed by atoms with E-state index in [2.05, 4.69) is 20.4 Å². The molecule has 2 aromatic rings. The van der Waals surface area contributed by atoms with Gasteiger partial charge in [-0.25, -0.2) is 4.98 Å². The van der Waals surface area contributed by atoms with Crippen LogP contribution in [0.3, 0.4) is 0 Å². The molecule has 0 spiro atoms. The largest absolute Gasteiger partial charge is 0.347 e. The van der Waals surface area contributed by atoms with E-state index in [0.29, 0.717) is 5.56 Å². The van der Waals surface area contributed by atoms with Crippen LogP contribution in [0.5, 0.6) is 0 Å². The van der Waals surface area contributed by atoms with Crippen molar-refractivity contribution in [2.45, 2.75) is 33.2 Å². The van der Waals surface area contributed by atoms with E-state index >= 15 is 0 Å². The molecule has 1 unspecified atom stereocenters. The molecule has 0 aliphatic carbocycles. The lowest BCUT2D eigenvalue weighted by atomic mass is 10.1. The molecule has 2 rings (SSSR count). The first-order valence-corrected chi connectivity index (χ1v) is 6.35. The second kappa shape index (κ2) is 5.26. The van der Waals surface area contributed by atoms with Crippen molar-refractivity contribution in [3.63, 3.8) is 0 Å². The van der Waals surface area contributed by atoms with Crippen molar-refractivity contribution in [3.8, 4) is 0 Å². The quantitative estimate of drug-likeness (QED) is 0.878. The topological polar surface area (TPSA) is 75.6 Å². The van der Waals surface area contributed by atoms with Gasteiger partial charge in [0.15, 0.2) is 0 Å². The van der Waals surface area contributed by atoms with Crippen LogP contribution in [0.25, 0.3) is 0 Å². The number of rotatable bonds is 4. The van der Waals surface area contributed by atoms with E-state index in [1.54, 1.807) is 17.1 Å². The standard InChI is InChI=1S/C13H19N5O/c1-5-10(12-14-6-7-15-12)16-13(19)11-8(2)17-18(4)9(11)3/h6-7,10H,5H2,1-4H3,(H,14,15)(H,16,19). The molecule has 6 nitrogen and oxygen atoms in total. The van der Waals surface area contributed by atoms with Crippen LogP contribution in [0.1, 0.15) is 47.0 Å².